The van der Waals surface area contributed by atoms with E-state index in [9.17, 15) is 4.79 Å². The van der Waals surface area contributed by atoms with Crippen molar-refractivity contribution >= 4 is 21.8 Å². The summed E-state index contributed by atoms with van der Waals surface area (Å²) in [5, 5.41) is 8.83. The van der Waals surface area contributed by atoms with Gasteiger partial charge in [-0.1, -0.05) is 12.1 Å². The molecule has 1 unspecified atom stereocenters. The molecule has 0 spiro atoms. The van der Waals surface area contributed by atoms with Gasteiger partial charge in [-0.15, -0.1) is 0 Å². The zero-order chi connectivity index (χ0) is 15.4. The van der Waals surface area contributed by atoms with Gasteiger partial charge in [0.25, 0.3) is 5.91 Å². The number of halogens is 1. The van der Waals surface area contributed by atoms with Crippen LogP contribution in [0, 0.1) is 11.3 Å². The highest BCUT2D eigenvalue weighted by molar-refractivity contribution is 9.10. The van der Waals surface area contributed by atoms with Crippen molar-refractivity contribution in [1.29, 1.82) is 5.26 Å². The molecule has 0 saturated carbocycles. The Hall–Kier alpha value is -2.06. The van der Waals surface area contributed by atoms with Crippen molar-refractivity contribution in [2.24, 2.45) is 0 Å². The van der Waals surface area contributed by atoms with Crippen molar-refractivity contribution in [2.45, 2.75) is 19.9 Å². The Labute approximate surface area is 132 Å². The second-order valence-corrected chi connectivity index (χ2v) is 5.39. The van der Waals surface area contributed by atoms with E-state index in [0.717, 1.165) is 5.56 Å². The molecule has 2 aromatic rings. The van der Waals surface area contributed by atoms with Crippen molar-refractivity contribution < 1.29 is 9.21 Å². The van der Waals surface area contributed by atoms with Crippen molar-refractivity contribution in [3.63, 3.8) is 0 Å². The lowest BCUT2D eigenvalue weighted by Crippen LogP contribution is -2.33. The number of carbonyl (C=O) groups excluding carboxylic acids is 1. The molecule has 0 aliphatic rings. The molecular weight excluding hydrogens is 332 g/mol. The molecule has 108 valence electrons. The summed E-state index contributed by atoms with van der Waals surface area (Å²) in [6.45, 7) is 4.45. The molecule has 4 nitrogen and oxygen atoms in total. The molecule has 0 radical (unpaired) electrons. The lowest BCUT2D eigenvalue weighted by atomic mass is 10.0. The Morgan fingerprint density at radius 2 is 2.00 bits per heavy atom. The Morgan fingerprint density at radius 3 is 2.48 bits per heavy atom. The highest BCUT2D eigenvalue weighted by atomic mass is 79.9. The topological polar surface area (TPSA) is 57.2 Å². The maximum atomic E-state index is 12.5. The molecule has 0 aliphatic heterocycles. The van der Waals surface area contributed by atoms with Gasteiger partial charge in [0.15, 0.2) is 10.4 Å². The number of furan rings is 1. The fourth-order valence-electron chi connectivity index (χ4n) is 2.18. The molecule has 0 saturated heterocycles. The van der Waals surface area contributed by atoms with Crippen LogP contribution >= 0.6 is 15.9 Å². The Bertz CT molecular complexity index is 670. The number of hydrogen-bond acceptors (Lipinski definition) is 3. The predicted molar refractivity (Wildman–Crippen MR) is 82.7 cm³/mol. The summed E-state index contributed by atoms with van der Waals surface area (Å²) in [6.07, 6.45) is 0. The Morgan fingerprint density at radius 1 is 1.33 bits per heavy atom. The maximum Gasteiger partial charge on any atom is 0.290 e. The third kappa shape index (κ3) is 3.34. The van der Waals surface area contributed by atoms with Gasteiger partial charge in [0.1, 0.15) is 0 Å². The number of nitriles is 1. The van der Waals surface area contributed by atoms with E-state index in [1.54, 1.807) is 29.2 Å². The van der Waals surface area contributed by atoms with Crippen LogP contribution in [0.1, 0.15) is 41.6 Å². The second kappa shape index (κ2) is 6.59. The molecule has 21 heavy (non-hydrogen) atoms. The van der Waals surface area contributed by atoms with Crippen molar-refractivity contribution in [2.75, 3.05) is 6.54 Å². The van der Waals surface area contributed by atoms with Crippen LogP contribution in [0.5, 0.6) is 0 Å². The zero-order valence-corrected chi connectivity index (χ0v) is 13.4. The minimum absolute atomic E-state index is 0.0980. The van der Waals surface area contributed by atoms with Gasteiger partial charge >= 0.3 is 0 Å². The van der Waals surface area contributed by atoms with Gasteiger partial charge in [-0.25, -0.2) is 0 Å². The first-order valence-electron chi connectivity index (χ1n) is 6.63. The predicted octanol–water partition coefficient (Wildman–Crippen LogP) is 4.14. The van der Waals surface area contributed by atoms with E-state index < -0.39 is 0 Å². The number of benzene rings is 1. The van der Waals surface area contributed by atoms with E-state index in [0.29, 0.717) is 22.5 Å². The van der Waals surface area contributed by atoms with E-state index in [4.69, 9.17) is 9.68 Å². The van der Waals surface area contributed by atoms with Crippen LogP contribution in [0.2, 0.25) is 0 Å². The number of carbonyl (C=O) groups is 1. The van der Waals surface area contributed by atoms with Gasteiger partial charge in [-0.3, -0.25) is 4.79 Å². The molecule has 0 aliphatic carbocycles. The molecule has 5 heteroatoms. The minimum atomic E-state index is -0.153. The highest BCUT2D eigenvalue weighted by Crippen LogP contribution is 2.24. The third-order valence-electron chi connectivity index (χ3n) is 3.38. The van der Waals surface area contributed by atoms with E-state index in [1.807, 2.05) is 26.0 Å². The Balaban J connectivity index is 2.23. The van der Waals surface area contributed by atoms with E-state index in [-0.39, 0.29) is 11.9 Å². The molecule has 1 aromatic heterocycles. The quantitative estimate of drug-likeness (QED) is 0.835. The first kappa shape index (κ1) is 15.3. The summed E-state index contributed by atoms with van der Waals surface area (Å²) in [5.41, 5.74) is 1.59. The fraction of sp³-hybridized carbons (Fsp3) is 0.250. The first-order chi connectivity index (χ1) is 10.1. The monoisotopic (exact) mass is 346 g/mol. The summed E-state index contributed by atoms with van der Waals surface area (Å²) in [4.78, 5) is 14.2. The van der Waals surface area contributed by atoms with Crippen LogP contribution in [-0.4, -0.2) is 17.4 Å². The summed E-state index contributed by atoms with van der Waals surface area (Å²) >= 11 is 3.20. The largest absolute Gasteiger partial charge is 0.444 e. The molecule has 2 rings (SSSR count). The molecule has 0 fully saturated rings. The van der Waals surface area contributed by atoms with Crippen LogP contribution in [0.3, 0.4) is 0 Å². The van der Waals surface area contributed by atoms with E-state index in [1.165, 1.54) is 0 Å². The smallest absolute Gasteiger partial charge is 0.290 e. The van der Waals surface area contributed by atoms with Gasteiger partial charge in [-0.2, -0.15) is 5.26 Å². The van der Waals surface area contributed by atoms with Crippen LogP contribution < -0.4 is 0 Å². The van der Waals surface area contributed by atoms with Crippen LogP contribution in [0.25, 0.3) is 0 Å². The number of amides is 1. The van der Waals surface area contributed by atoms with Crippen LogP contribution in [0.4, 0.5) is 0 Å². The summed E-state index contributed by atoms with van der Waals surface area (Å²) in [6, 6.07) is 12.6. The zero-order valence-electron chi connectivity index (χ0n) is 11.8. The molecule has 1 heterocycles. The second-order valence-electron chi connectivity index (χ2n) is 4.60. The van der Waals surface area contributed by atoms with Gasteiger partial charge in [-0.05, 0) is 59.6 Å². The normalized spacial score (nSPS) is 11.7. The van der Waals surface area contributed by atoms with Crippen LogP contribution in [0.15, 0.2) is 45.5 Å². The standard InChI is InChI=1S/C16H15BrN2O2/c1-3-19(16(20)14-8-9-15(17)21-14)11(2)13-6-4-12(10-18)5-7-13/h4-9,11H,3H2,1-2H3. The number of nitrogens with zero attached hydrogens (tertiary/aromatic N) is 2. The van der Waals surface area contributed by atoms with Crippen LogP contribution in [-0.2, 0) is 0 Å². The SMILES string of the molecule is CCN(C(=O)c1ccc(Br)o1)C(C)c1ccc(C#N)cc1. The molecule has 1 aromatic carbocycles. The fourth-order valence-corrected chi connectivity index (χ4v) is 2.49. The average Bonchev–Trinajstić information content (AvgIpc) is 2.94. The highest BCUT2D eigenvalue weighted by Gasteiger charge is 2.23. The first-order valence-corrected chi connectivity index (χ1v) is 7.42. The molecular formula is C16H15BrN2O2. The Kier molecular flexibility index (Phi) is 4.81. The summed E-state index contributed by atoms with van der Waals surface area (Å²) in [5.74, 6) is 0.157. The van der Waals surface area contributed by atoms with Gasteiger partial charge in [0, 0.05) is 6.54 Å². The van der Waals surface area contributed by atoms with E-state index >= 15 is 0 Å². The maximum absolute atomic E-state index is 12.5. The summed E-state index contributed by atoms with van der Waals surface area (Å²) in [7, 11) is 0. The van der Waals surface area contributed by atoms with E-state index in [2.05, 4.69) is 22.0 Å². The van der Waals surface area contributed by atoms with Crippen molar-refractivity contribution in [1.82, 2.24) is 4.90 Å². The van der Waals surface area contributed by atoms with Crippen molar-refractivity contribution in [3.05, 3.63) is 58.0 Å². The molecule has 0 bridgehead atoms. The van der Waals surface area contributed by atoms with Gasteiger partial charge in [0.05, 0.1) is 17.7 Å². The summed E-state index contributed by atoms with van der Waals surface area (Å²) < 4.78 is 5.87. The van der Waals surface area contributed by atoms with Gasteiger partial charge in [0.2, 0.25) is 0 Å². The van der Waals surface area contributed by atoms with Crippen molar-refractivity contribution in [3.8, 4) is 6.07 Å². The number of rotatable bonds is 4. The lowest BCUT2D eigenvalue weighted by molar-refractivity contribution is 0.0668. The average molecular weight is 347 g/mol. The minimum Gasteiger partial charge on any atom is -0.444 e. The number of hydrogen-bond donors (Lipinski definition) is 0. The molecule has 0 N–H and O–H groups in total. The molecule has 1 atom stereocenters. The third-order valence-corrected chi connectivity index (χ3v) is 3.80. The van der Waals surface area contributed by atoms with Gasteiger partial charge < -0.3 is 9.32 Å². The lowest BCUT2D eigenvalue weighted by Gasteiger charge is -2.27. The molecule has 1 amide bonds.